The van der Waals surface area contributed by atoms with Crippen molar-refractivity contribution in [2.75, 3.05) is 24.4 Å². The average molecular weight is 457 g/mol. The number of benzene rings is 2. The summed E-state index contributed by atoms with van der Waals surface area (Å²) in [6.45, 7) is 1.79. The molecule has 6 nitrogen and oxygen atoms in total. The minimum atomic E-state index is -3.08. The molecule has 1 aliphatic rings. The summed E-state index contributed by atoms with van der Waals surface area (Å²) in [7, 11) is -1.46. The van der Waals surface area contributed by atoms with Crippen LogP contribution in [0.2, 0.25) is 0 Å². The summed E-state index contributed by atoms with van der Waals surface area (Å²) in [5, 5.41) is 4.62. The van der Waals surface area contributed by atoms with Crippen molar-refractivity contribution in [1.82, 2.24) is 10.3 Å². The van der Waals surface area contributed by atoms with Crippen LogP contribution in [-0.4, -0.2) is 49.2 Å². The Bertz CT molecular complexity index is 1230. The lowest BCUT2D eigenvalue weighted by molar-refractivity contribution is -0.120. The number of ether oxygens (including phenoxy) is 1. The summed E-state index contributed by atoms with van der Waals surface area (Å²) in [5.41, 5.74) is 2.19. The summed E-state index contributed by atoms with van der Waals surface area (Å²) in [6.07, 6.45) is 0.442. The Morgan fingerprint density at radius 2 is 1.97 bits per heavy atom. The van der Waals surface area contributed by atoms with Gasteiger partial charge in [0, 0.05) is 11.5 Å². The number of fused-ring (bicyclic) bond motifs is 1. The Balaban J connectivity index is 1.58. The van der Waals surface area contributed by atoms with E-state index < -0.39 is 15.4 Å². The zero-order valence-electron chi connectivity index (χ0n) is 17.4. The first-order chi connectivity index (χ1) is 14.8. The zero-order valence-corrected chi connectivity index (χ0v) is 19.1. The van der Waals surface area contributed by atoms with Crippen LogP contribution < -0.4 is 10.1 Å². The molecule has 1 amide bonds. The van der Waals surface area contributed by atoms with Crippen LogP contribution >= 0.6 is 11.8 Å². The van der Waals surface area contributed by atoms with Crippen LogP contribution in [0.5, 0.6) is 5.75 Å². The summed E-state index contributed by atoms with van der Waals surface area (Å²) >= 11 is 1.33. The van der Waals surface area contributed by atoms with Gasteiger partial charge in [-0.2, -0.15) is 0 Å². The minimum absolute atomic E-state index is 0.0113. The highest BCUT2D eigenvalue weighted by molar-refractivity contribution is 7.99. The quantitative estimate of drug-likeness (QED) is 0.570. The maximum absolute atomic E-state index is 12.5. The molecule has 31 heavy (non-hydrogen) atoms. The molecule has 2 heterocycles. The second kappa shape index (κ2) is 8.51. The van der Waals surface area contributed by atoms with Crippen molar-refractivity contribution < 1.29 is 17.9 Å². The highest BCUT2D eigenvalue weighted by Crippen LogP contribution is 2.33. The van der Waals surface area contributed by atoms with Gasteiger partial charge in [0.25, 0.3) is 0 Å². The number of aromatic nitrogens is 1. The van der Waals surface area contributed by atoms with E-state index in [-0.39, 0.29) is 23.2 Å². The third-order valence-electron chi connectivity index (χ3n) is 5.37. The largest absolute Gasteiger partial charge is 0.497 e. The van der Waals surface area contributed by atoms with Gasteiger partial charge in [-0.25, -0.2) is 13.4 Å². The number of pyridine rings is 1. The van der Waals surface area contributed by atoms with Crippen molar-refractivity contribution in [2.24, 2.45) is 0 Å². The minimum Gasteiger partial charge on any atom is -0.497 e. The van der Waals surface area contributed by atoms with Crippen molar-refractivity contribution in [1.29, 1.82) is 0 Å². The van der Waals surface area contributed by atoms with E-state index in [4.69, 9.17) is 9.72 Å². The first-order valence-electron chi connectivity index (χ1n) is 9.95. The van der Waals surface area contributed by atoms with Gasteiger partial charge in [-0.1, -0.05) is 42.1 Å². The Morgan fingerprint density at radius 1 is 1.19 bits per heavy atom. The van der Waals surface area contributed by atoms with Crippen molar-refractivity contribution in [3.8, 4) is 16.9 Å². The van der Waals surface area contributed by atoms with Crippen molar-refractivity contribution in [2.45, 2.75) is 23.9 Å². The second-order valence-electron chi connectivity index (χ2n) is 8.00. The SMILES string of the molecule is COc1ccc2c(-c3ccccc3)cc(SCC(=O)N[C@]3(C)CCS(=O)(=O)C3)nc2c1. The summed E-state index contributed by atoms with van der Waals surface area (Å²) in [4.78, 5) is 17.3. The topological polar surface area (TPSA) is 85.4 Å². The molecule has 1 fully saturated rings. The van der Waals surface area contributed by atoms with E-state index in [1.807, 2.05) is 54.6 Å². The molecule has 1 aliphatic heterocycles. The molecule has 1 saturated heterocycles. The molecule has 4 rings (SSSR count). The summed E-state index contributed by atoms with van der Waals surface area (Å²) in [6, 6.07) is 17.8. The summed E-state index contributed by atoms with van der Waals surface area (Å²) in [5.74, 6) is 0.785. The second-order valence-corrected chi connectivity index (χ2v) is 11.2. The van der Waals surface area contributed by atoms with Gasteiger partial charge in [0.2, 0.25) is 5.91 Å². The molecule has 2 aromatic carbocycles. The predicted octanol–water partition coefficient (Wildman–Crippen LogP) is 3.70. The third kappa shape index (κ3) is 5.02. The lowest BCUT2D eigenvalue weighted by Crippen LogP contribution is -2.47. The number of hydrogen-bond donors (Lipinski definition) is 1. The van der Waals surface area contributed by atoms with Crippen LogP contribution in [0.25, 0.3) is 22.0 Å². The van der Waals surface area contributed by atoms with E-state index >= 15 is 0 Å². The number of carbonyl (C=O) groups is 1. The smallest absolute Gasteiger partial charge is 0.230 e. The molecule has 3 aromatic rings. The Hall–Kier alpha value is -2.58. The van der Waals surface area contributed by atoms with Crippen LogP contribution in [0.1, 0.15) is 13.3 Å². The number of methoxy groups -OCH3 is 1. The number of sulfone groups is 1. The molecule has 1 N–H and O–H groups in total. The fourth-order valence-electron chi connectivity index (χ4n) is 3.86. The molecule has 0 unspecified atom stereocenters. The zero-order chi connectivity index (χ0) is 22.1. The van der Waals surface area contributed by atoms with E-state index in [2.05, 4.69) is 5.32 Å². The van der Waals surface area contributed by atoms with Gasteiger partial charge in [-0.3, -0.25) is 4.79 Å². The fourth-order valence-corrected chi connectivity index (χ4v) is 6.67. The van der Waals surface area contributed by atoms with E-state index in [9.17, 15) is 13.2 Å². The molecule has 0 spiro atoms. The molecule has 0 bridgehead atoms. The molecule has 8 heteroatoms. The van der Waals surface area contributed by atoms with Crippen LogP contribution in [-0.2, 0) is 14.6 Å². The predicted molar refractivity (Wildman–Crippen MR) is 124 cm³/mol. The maximum atomic E-state index is 12.5. The molecule has 1 aromatic heterocycles. The Labute approximate surface area is 186 Å². The Morgan fingerprint density at radius 3 is 2.65 bits per heavy atom. The molecular formula is C23H24N2O4S2. The van der Waals surface area contributed by atoms with Gasteiger partial charge in [-0.15, -0.1) is 0 Å². The number of thioether (sulfide) groups is 1. The van der Waals surface area contributed by atoms with Crippen LogP contribution in [0, 0.1) is 0 Å². The highest BCUT2D eigenvalue weighted by Gasteiger charge is 2.39. The van der Waals surface area contributed by atoms with E-state index in [1.165, 1.54) is 11.8 Å². The van der Waals surface area contributed by atoms with Gasteiger partial charge in [0.1, 0.15) is 5.75 Å². The normalized spacial score (nSPS) is 19.9. The van der Waals surface area contributed by atoms with Gasteiger partial charge < -0.3 is 10.1 Å². The van der Waals surface area contributed by atoms with Crippen molar-refractivity contribution >= 4 is 38.4 Å². The van der Waals surface area contributed by atoms with Gasteiger partial charge in [0.15, 0.2) is 9.84 Å². The number of nitrogens with zero attached hydrogens (tertiary/aromatic N) is 1. The average Bonchev–Trinajstić information content (AvgIpc) is 3.04. The van der Waals surface area contributed by atoms with E-state index in [1.54, 1.807) is 14.0 Å². The monoisotopic (exact) mass is 456 g/mol. The number of rotatable bonds is 6. The molecule has 1 atom stereocenters. The van der Waals surface area contributed by atoms with E-state index in [0.29, 0.717) is 12.2 Å². The molecule has 162 valence electrons. The van der Waals surface area contributed by atoms with Crippen LogP contribution in [0.3, 0.4) is 0 Å². The first kappa shape index (κ1) is 21.6. The summed E-state index contributed by atoms with van der Waals surface area (Å²) < 4.78 is 28.9. The highest BCUT2D eigenvalue weighted by atomic mass is 32.2. The van der Waals surface area contributed by atoms with Crippen LogP contribution in [0.15, 0.2) is 59.6 Å². The number of amides is 1. The molecule has 0 radical (unpaired) electrons. The van der Waals surface area contributed by atoms with Crippen molar-refractivity contribution in [3.05, 3.63) is 54.6 Å². The maximum Gasteiger partial charge on any atom is 0.230 e. The number of nitrogens with one attached hydrogen (secondary N) is 1. The number of hydrogen-bond acceptors (Lipinski definition) is 6. The third-order valence-corrected chi connectivity index (χ3v) is 8.19. The van der Waals surface area contributed by atoms with Gasteiger partial charge >= 0.3 is 0 Å². The van der Waals surface area contributed by atoms with Crippen molar-refractivity contribution in [3.63, 3.8) is 0 Å². The fraction of sp³-hybridized carbons (Fsp3) is 0.304. The lowest BCUT2D eigenvalue weighted by Gasteiger charge is -2.23. The molecule has 0 saturated carbocycles. The Kier molecular flexibility index (Phi) is 5.94. The first-order valence-corrected chi connectivity index (χ1v) is 12.8. The lowest BCUT2D eigenvalue weighted by atomic mass is 10.0. The molecule has 0 aliphatic carbocycles. The van der Waals surface area contributed by atoms with Crippen LogP contribution in [0.4, 0.5) is 0 Å². The molecular weight excluding hydrogens is 432 g/mol. The van der Waals surface area contributed by atoms with E-state index in [0.717, 1.165) is 27.1 Å². The van der Waals surface area contributed by atoms with Gasteiger partial charge in [0.05, 0.1) is 40.4 Å². The number of carbonyl (C=O) groups excluding carboxylic acids is 1. The standard InChI is InChI=1S/C23H24N2O4S2/c1-23(10-11-31(27,28)15-23)25-21(26)14-30-22-13-19(16-6-4-3-5-7-16)18-9-8-17(29-2)12-20(18)24-22/h3-9,12-13H,10-11,14-15H2,1-2H3,(H,25,26)/t23-/m1/s1. The van der Waals surface area contributed by atoms with Gasteiger partial charge in [-0.05, 0) is 42.7 Å².